The van der Waals surface area contributed by atoms with Crippen molar-refractivity contribution in [3.63, 3.8) is 0 Å². The Labute approximate surface area is 55.7 Å². The number of hydrogen-bond acceptors (Lipinski definition) is 0. The maximum Gasteiger partial charge on any atom is 1.00 e. The Morgan fingerprint density at radius 2 is 1.25 bits per heavy atom. The minimum absolute atomic E-state index is 0. The smallest absolute Gasteiger partial charge is 1.00 e. The Hall–Kier alpha value is 0.247. The topological polar surface area (TPSA) is 0 Å². The van der Waals surface area contributed by atoms with Crippen LogP contribution in [0.5, 0.6) is 0 Å². The van der Waals surface area contributed by atoms with E-state index in [1.807, 2.05) is 0 Å². The van der Waals surface area contributed by atoms with Crippen LogP contribution in [0.15, 0.2) is 0 Å². The first-order chi connectivity index (χ1) is 2.94. The van der Waals surface area contributed by atoms with Crippen LogP contribution in [0.2, 0.25) is 0 Å². The molecule has 46 valence electrons. The van der Waals surface area contributed by atoms with Gasteiger partial charge >= 0.3 is 31.5 Å². The van der Waals surface area contributed by atoms with Crippen LogP contribution in [0, 0.1) is 0 Å². The minimum Gasteiger partial charge on any atom is -1.00 e. The summed E-state index contributed by atoms with van der Waals surface area (Å²) < 4.78 is 52.1. The van der Waals surface area contributed by atoms with Crippen molar-refractivity contribution >= 4 is 0 Å². The van der Waals surface area contributed by atoms with Gasteiger partial charge in [-0.15, -0.1) is 0 Å². The van der Waals surface area contributed by atoms with E-state index in [1.54, 1.807) is 0 Å². The number of halogens is 5. The largest absolute Gasteiger partial charge is 1.00 e. The molecule has 0 aromatic heterocycles. The summed E-state index contributed by atoms with van der Waals surface area (Å²) in [7, 11) is 0. The van der Waals surface area contributed by atoms with Crippen LogP contribution in [0.4, 0.5) is 22.0 Å². The van der Waals surface area contributed by atoms with E-state index in [1.165, 1.54) is 0 Å². The molecule has 0 N–H and O–H groups in total. The predicted molar refractivity (Wildman–Crippen MR) is 13.2 cm³/mol. The van der Waals surface area contributed by atoms with Crippen LogP contribution in [0.3, 0.4) is 0 Å². The van der Waals surface area contributed by atoms with Crippen molar-refractivity contribution < 1.29 is 42.2 Å². The standard InChI is InChI=1S/C2HF5.Li.H/c3-1(4)2(5,6)7;;/h1H;;/q;+1;-1. The predicted octanol–water partition coefficient (Wildman–Crippen LogP) is -1.07. The van der Waals surface area contributed by atoms with Gasteiger partial charge in [0, 0.05) is 0 Å². The number of alkyl halides is 5. The van der Waals surface area contributed by atoms with Crippen LogP contribution < -0.4 is 18.9 Å². The van der Waals surface area contributed by atoms with Gasteiger partial charge in [-0.05, 0) is 0 Å². The molecule has 0 aromatic carbocycles. The van der Waals surface area contributed by atoms with E-state index in [9.17, 15) is 22.0 Å². The van der Waals surface area contributed by atoms with Crippen molar-refractivity contribution in [2.45, 2.75) is 12.6 Å². The molecule has 0 atom stereocenters. The van der Waals surface area contributed by atoms with Crippen LogP contribution in [0.1, 0.15) is 1.43 Å². The molecular weight excluding hydrogens is 126 g/mol. The van der Waals surface area contributed by atoms with Crippen LogP contribution in [-0.2, 0) is 0 Å². The first-order valence-electron chi connectivity index (χ1n) is 1.29. The van der Waals surface area contributed by atoms with Crippen molar-refractivity contribution in [3.8, 4) is 0 Å². The van der Waals surface area contributed by atoms with Crippen LogP contribution in [-0.4, -0.2) is 12.6 Å². The minimum atomic E-state index is -5.33. The fraction of sp³-hybridized carbons (Fsp3) is 1.00. The van der Waals surface area contributed by atoms with E-state index in [0.717, 1.165) is 0 Å². The molecule has 0 radical (unpaired) electrons. The van der Waals surface area contributed by atoms with Gasteiger partial charge in [0.25, 0.3) is 0 Å². The number of rotatable bonds is 0. The average Bonchev–Trinajstić information content (AvgIpc) is 1.31. The molecular formula is C2H2F5Li. The van der Waals surface area contributed by atoms with E-state index < -0.39 is 12.6 Å². The third kappa shape index (κ3) is 4.41. The van der Waals surface area contributed by atoms with Gasteiger partial charge in [0.1, 0.15) is 0 Å². The molecule has 0 amide bonds. The van der Waals surface area contributed by atoms with E-state index in [-0.39, 0.29) is 20.3 Å². The summed E-state index contributed by atoms with van der Waals surface area (Å²) in [4.78, 5) is 0. The normalized spacial score (nSPS) is 11.2. The van der Waals surface area contributed by atoms with Gasteiger partial charge in [-0.25, -0.2) is 8.78 Å². The number of hydrogen-bond donors (Lipinski definition) is 0. The zero-order valence-corrected chi connectivity index (χ0v) is 3.97. The Bertz CT molecular complexity index is 60.5. The third-order valence-electron chi connectivity index (χ3n) is 0.247. The Morgan fingerprint density at radius 1 is 1.12 bits per heavy atom. The summed E-state index contributed by atoms with van der Waals surface area (Å²) >= 11 is 0. The van der Waals surface area contributed by atoms with Crippen LogP contribution >= 0.6 is 0 Å². The van der Waals surface area contributed by atoms with Gasteiger partial charge in [0.2, 0.25) is 0 Å². The molecule has 0 bridgehead atoms. The molecule has 0 aromatic rings. The molecule has 6 heteroatoms. The van der Waals surface area contributed by atoms with Crippen molar-refractivity contribution in [1.29, 1.82) is 0 Å². The maximum absolute atomic E-state index is 10.4. The average molecular weight is 128 g/mol. The molecule has 0 saturated heterocycles. The second-order valence-electron chi connectivity index (χ2n) is 0.842. The molecule has 8 heavy (non-hydrogen) atoms. The Morgan fingerprint density at radius 3 is 1.25 bits per heavy atom. The summed E-state index contributed by atoms with van der Waals surface area (Å²) in [6.07, 6.45) is -9.53. The Kier molecular flexibility index (Phi) is 4.59. The molecule has 0 spiro atoms. The van der Waals surface area contributed by atoms with Gasteiger partial charge in [-0.2, -0.15) is 13.2 Å². The van der Waals surface area contributed by atoms with E-state index >= 15 is 0 Å². The van der Waals surface area contributed by atoms with Crippen molar-refractivity contribution in [3.05, 3.63) is 0 Å². The first-order valence-corrected chi connectivity index (χ1v) is 1.29. The zero-order chi connectivity index (χ0) is 6.08. The maximum atomic E-state index is 10.4. The fourth-order valence-corrected chi connectivity index (χ4v) is 0. The molecule has 0 nitrogen and oxygen atoms in total. The monoisotopic (exact) mass is 128 g/mol. The Balaban J connectivity index is -0.000000180. The molecule has 0 saturated carbocycles. The summed E-state index contributed by atoms with van der Waals surface area (Å²) in [6, 6.07) is 0. The van der Waals surface area contributed by atoms with Gasteiger partial charge in [-0.1, -0.05) is 0 Å². The van der Waals surface area contributed by atoms with Crippen molar-refractivity contribution in [2.75, 3.05) is 0 Å². The van der Waals surface area contributed by atoms with E-state index in [0.29, 0.717) is 0 Å². The molecule has 0 rings (SSSR count). The molecule has 0 fully saturated rings. The third-order valence-corrected chi connectivity index (χ3v) is 0.247. The van der Waals surface area contributed by atoms with Crippen LogP contribution in [0.25, 0.3) is 0 Å². The molecule has 0 aliphatic carbocycles. The molecule has 0 heterocycles. The summed E-state index contributed by atoms with van der Waals surface area (Å²) in [6.45, 7) is 0. The zero-order valence-electron chi connectivity index (χ0n) is 4.97. The molecule has 0 aliphatic heterocycles. The summed E-state index contributed by atoms with van der Waals surface area (Å²) in [5, 5.41) is 0. The van der Waals surface area contributed by atoms with Crippen molar-refractivity contribution in [1.82, 2.24) is 0 Å². The molecule has 0 unspecified atom stereocenters. The van der Waals surface area contributed by atoms with E-state index in [2.05, 4.69) is 0 Å². The summed E-state index contributed by atoms with van der Waals surface area (Å²) in [5.41, 5.74) is 0. The first kappa shape index (κ1) is 11.1. The van der Waals surface area contributed by atoms with E-state index in [4.69, 9.17) is 0 Å². The fourth-order valence-electron chi connectivity index (χ4n) is 0. The second-order valence-corrected chi connectivity index (χ2v) is 0.842. The van der Waals surface area contributed by atoms with Gasteiger partial charge in [-0.3, -0.25) is 0 Å². The second kappa shape index (κ2) is 3.31. The quantitative estimate of drug-likeness (QED) is 0.288. The van der Waals surface area contributed by atoms with Crippen molar-refractivity contribution in [2.24, 2.45) is 0 Å². The SMILES string of the molecule is FC(F)C(F)(F)F.[H-].[Li+]. The van der Waals surface area contributed by atoms with Gasteiger partial charge < -0.3 is 1.43 Å². The van der Waals surface area contributed by atoms with Gasteiger partial charge in [0.05, 0.1) is 0 Å². The summed E-state index contributed by atoms with van der Waals surface area (Å²) in [5.74, 6) is 0. The molecule has 0 aliphatic rings. The van der Waals surface area contributed by atoms with Gasteiger partial charge in [0.15, 0.2) is 0 Å².